The first kappa shape index (κ1) is 18.4. The molecule has 0 aliphatic rings. The highest BCUT2D eigenvalue weighted by molar-refractivity contribution is 7.99. The van der Waals surface area contributed by atoms with Crippen molar-refractivity contribution >= 4 is 30.1 Å². The molecule has 0 bridgehead atoms. The van der Waals surface area contributed by atoms with Gasteiger partial charge in [-0.15, -0.1) is 12.4 Å². The van der Waals surface area contributed by atoms with Crippen LogP contribution in [0.25, 0.3) is 0 Å². The van der Waals surface area contributed by atoms with E-state index in [1.807, 2.05) is 13.2 Å². The van der Waals surface area contributed by atoms with Gasteiger partial charge in [0.15, 0.2) is 0 Å². The summed E-state index contributed by atoms with van der Waals surface area (Å²) in [4.78, 5) is 11.8. The van der Waals surface area contributed by atoms with Crippen molar-refractivity contribution in [1.82, 2.24) is 5.32 Å². The van der Waals surface area contributed by atoms with Crippen LogP contribution in [0.2, 0.25) is 0 Å². The molecule has 3 nitrogen and oxygen atoms in total. The van der Waals surface area contributed by atoms with Gasteiger partial charge in [-0.2, -0.15) is 11.8 Å². The van der Waals surface area contributed by atoms with Crippen LogP contribution in [-0.4, -0.2) is 29.0 Å². The van der Waals surface area contributed by atoms with Crippen LogP contribution >= 0.6 is 24.2 Å². The van der Waals surface area contributed by atoms with E-state index < -0.39 is 5.54 Å². The first-order valence-corrected chi connectivity index (χ1v) is 6.60. The monoisotopic (exact) mass is 268 g/mol. The zero-order chi connectivity index (χ0) is 12.1. The first-order valence-electron chi connectivity index (χ1n) is 5.37. The van der Waals surface area contributed by atoms with E-state index in [1.165, 1.54) is 0 Å². The van der Waals surface area contributed by atoms with Gasteiger partial charge in [0.1, 0.15) is 0 Å². The molecule has 0 aromatic heterocycles. The largest absolute Gasteiger partial charge is 0.353 e. The molecule has 1 unspecified atom stereocenters. The lowest BCUT2D eigenvalue weighted by Gasteiger charge is -2.27. The standard InChI is InChI=1S/C11H24N2OS.ClH/c1-6-7-11(4,12)9(14)13-8-10(2,3)15-5;/h6-8,12H2,1-5H3,(H,13,14);1H. The lowest BCUT2D eigenvalue weighted by molar-refractivity contribution is -0.126. The predicted octanol–water partition coefficient (Wildman–Crippen LogP) is 2.18. The Morgan fingerprint density at radius 3 is 2.25 bits per heavy atom. The van der Waals surface area contributed by atoms with Crippen molar-refractivity contribution in [3.63, 3.8) is 0 Å². The minimum Gasteiger partial charge on any atom is -0.353 e. The molecule has 1 amide bonds. The fraction of sp³-hybridized carbons (Fsp3) is 0.909. The number of rotatable bonds is 6. The Morgan fingerprint density at radius 2 is 1.88 bits per heavy atom. The lowest BCUT2D eigenvalue weighted by Crippen LogP contribution is -2.53. The molecular weight excluding hydrogens is 244 g/mol. The molecule has 0 spiro atoms. The van der Waals surface area contributed by atoms with Crippen LogP contribution in [0.5, 0.6) is 0 Å². The van der Waals surface area contributed by atoms with Crippen LogP contribution in [0.1, 0.15) is 40.5 Å². The van der Waals surface area contributed by atoms with Crippen molar-refractivity contribution in [2.75, 3.05) is 12.8 Å². The Hall–Kier alpha value is 0.0700. The molecule has 16 heavy (non-hydrogen) atoms. The molecule has 98 valence electrons. The third kappa shape index (κ3) is 6.61. The van der Waals surface area contributed by atoms with E-state index in [2.05, 4.69) is 19.2 Å². The van der Waals surface area contributed by atoms with Gasteiger partial charge in [0.2, 0.25) is 5.91 Å². The molecule has 3 N–H and O–H groups in total. The van der Waals surface area contributed by atoms with E-state index in [4.69, 9.17) is 5.73 Å². The van der Waals surface area contributed by atoms with Gasteiger partial charge >= 0.3 is 0 Å². The minimum absolute atomic E-state index is 0. The summed E-state index contributed by atoms with van der Waals surface area (Å²) in [6.07, 6.45) is 3.69. The van der Waals surface area contributed by atoms with E-state index in [0.717, 1.165) is 12.8 Å². The molecule has 1 atom stereocenters. The van der Waals surface area contributed by atoms with Crippen molar-refractivity contribution < 1.29 is 4.79 Å². The highest BCUT2D eigenvalue weighted by Gasteiger charge is 2.28. The Kier molecular flexibility index (Phi) is 8.53. The maximum absolute atomic E-state index is 11.8. The summed E-state index contributed by atoms with van der Waals surface area (Å²) in [5, 5.41) is 2.91. The van der Waals surface area contributed by atoms with Crippen LogP contribution in [0.15, 0.2) is 0 Å². The number of amides is 1. The number of hydrogen-bond donors (Lipinski definition) is 2. The lowest BCUT2D eigenvalue weighted by atomic mass is 9.96. The number of carbonyl (C=O) groups is 1. The number of nitrogens with two attached hydrogens (primary N) is 1. The molecule has 0 saturated carbocycles. The summed E-state index contributed by atoms with van der Waals surface area (Å²) in [7, 11) is 0. The summed E-state index contributed by atoms with van der Waals surface area (Å²) in [6, 6.07) is 0. The second-order valence-corrected chi connectivity index (χ2v) is 6.33. The van der Waals surface area contributed by atoms with Crippen molar-refractivity contribution in [2.24, 2.45) is 5.73 Å². The molecule has 0 aromatic rings. The van der Waals surface area contributed by atoms with Crippen LogP contribution in [0.3, 0.4) is 0 Å². The third-order valence-corrected chi connectivity index (χ3v) is 3.76. The van der Waals surface area contributed by atoms with Gasteiger partial charge in [0.05, 0.1) is 5.54 Å². The molecule has 0 heterocycles. The molecule has 5 heteroatoms. The van der Waals surface area contributed by atoms with Gasteiger partial charge in [0.25, 0.3) is 0 Å². The maximum atomic E-state index is 11.8. The first-order chi connectivity index (χ1) is 6.75. The molecule has 0 radical (unpaired) electrons. The van der Waals surface area contributed by atoms with E-state index >= 15 is 0 Å². The highest BCUT2D eigenvalue weighted by atomic mass is 35.5. The van der Waals surface area contributed by atoms with E-state index in [-0.39, 0.29) is 23.1 Å². The summed E-state index contributed by atoms with van der Waals surface area (Å²) in [6.45, 7) is 8.68. The van der Waals surface area contributed by atoms with Crippen molar-refractivity contribution in [3.05, 3.63) is 0 Å². The third-order valence-electron chi connectivity index (χ3n) is 2.52. The van der Waals surface area contributed by atoms with Gasteiger partial charge in [-0.3, -0.25) is 4.79 Å². The molecule has 0 saturated heterocycles. The van der Waals surface area contributed by atoms with Crippen molar-refractivity contribution in [1.29, 1.82) is 0 Å². The van der Waals surface area contributed by atoms with Crippen LogP contribution in [-0.2, 0) is 4.79 Å². The second-order valence-electron chi connectivity index (χ2n) is 4.81. The van der Waals surface area contributed by atoms with E-state index in [0.29, 0.717) is 6.54 Å². The molecule has 0 aromatic carbocycles. The van der Waals surface area contributed by atoms with Gasteiger partial charge in [-0.1, -0.05) is 13.3 Å². The average molecular weight is 269 g/mol. The van der Waals surface area contributed by atoms with Crippen molar-refractivity contribution in [2.45, 2.75) is 50.8 Å². The maximum Gasteiger partial charge on any atom is 0.239 e. The van der Waals surface area contributed by atoms with Gasteiger partial charge < -0.3 is 11.1 Å². The number of halogens is 1. The molecular formula is C11H25ClN2OS. The number of thioether (sulfide) groups is 1. The number of nitrogens with one attached hydrogen (secondary N) is 1. The summed E-state index contributed by atoms with van der Waals surface area (Å²) >= 11 is 1.74. The number of carbonyl (C=O) groups excluding carboxylic acids is 1. The zero-order valence-corrected chi connectivity index (χ0v) is 12.6. The summed E-state index contributed by atoms with van der Waals surface area (Å²) in [5.41, 5.74) is 5.19. The minimum atomic E-state index is -0.733. The van der Waals surface area contributed by atoms with Crippen LogP contribution in [0, 0.1) is 0 Å². The SMILES string of the molecule is CCCC(C)(N)C(=O)NCC(C)(C)SC.Cl. The average Bonchev–Trinajstić information content (AvgIpc) is 2.14. The van der Waals surface area contributed by atoms with Gasteiger partial charge in [-0.05, 0) is 33.4 Å². The quantitative estimate of drug-likeness (QED) is 0.776. The molecule has 0 aliphatic carbocycles. The van der Waals surface area contributed by atoms with Crippen LogP contribution in [0.4, 0.5) is 0 Å². The van der Waals surface area contributed by atoms with E-state index in [9.17, 15) is 4.79 Å². The fourth-order valence-electron chi connectivity index (χ4n) is 1.20. The second kappa shape index (κ2) is 7.41. The number of hydrogen-bond acceptors (Lipinski definition) is 3. The zero-order valence-electron chi connectivity index (χ0n) is 10.9. The summed E-state index contributed by atoms with van der Waals surface area (Å²) in [5.74, 6) is -0.0496. The van der Waals surface area contributed by atoms with Crippen LogP contribution < -0.4 is 11.1 Å². The van der Waals surface area contributed by atoms with Gasteiger partial charge in [0, 0.05) is 11.3 Å². The normalized spacial score (nSPS) is 14.9. The molecule has 0 fully saturated rings. The van der Waals surface area contributed by atoms with Crippen molar-refractivity contribution in [3.8, 4) is 0 Å². The predicted molar refractivity (Wildman–Crippen MR) is 75.4 cm³/mol. The van der Waals surface area contributed by atoms with E-state index in [1.54, 1.807) is 18.7 Å². The van der Waals surface area contributed by atoms with Gasteiger partial charge in [-0.25, -0.2) is 0 Å². The molecule has 0 rings (SSSR count). The Morgan fingerprint density at radius 1 is 1.38 bits per heavy atom. The highest BCUT2D eigenvalue weighted by Crippen LogP contribution is 2.20. The Balaban J connectivity index is 0. The Bertz CT molecular complexity index is 220. The fourth-order valence-corrected chi connectivity index (χ4v) is 1.42. The topological polar surface area (TPSA) is 55.1 Å². The smallest absolute Gasteiger partial charge is 0.239 e. The molecule has 0 aliphatic heterocycles. The summed E-state index contributed by atoms with van der Waals surface area (Å²) < 4.78 is 0.0674. The Labute approximate surface area is 110 Å².